The summed E-state index contributed by atoms with van der Waals surface area (Å²) in [6.07, 6.45) is 0.0891. The lowest BCUT2D eigenvalue weighted by Crippen LogP contribution is -2.28. The minimum atomic E-state index is -0.493. The lowest BCUT2D eigenvalue weighted by molar-refractivity contribution is -0.122. The van der Waals surface area contributed by atoms with Crippen molar-refractivity contribution in [2.75, 3.05) is 5.32 Å². The normalized spacial score (nSPS) is 19.9. The molecule has 1 heterocycles. The Morgan fingerprint density at radius 2 is 2.00 bits per heavy atom. The standard InChI is InChI=1S/C18H24N4O2S/c1-11-8-6-7-9-13(11)19-15(23)10-14-16(24)20-17(25-14)22-21-12(2)18(3,4)5/h6-9,14H,10H2,1-5H3,(H,19,23)(H,20,22,24)/b21-12+. The van der Waals surface area contributed by atoms with E-state index in [1.807, 2.05) is 58.9 Å². The molecule has 1 aliphatic rings. The van der Waals surface area contributed by atoms with Gasteiger partial charge >= 0.3 is 0 Å². The molecule has 7 heteroatoms. The Morgan fingerprint density at radius 1 is 1.32 bits per heavy atom. The van der Waals surface area contributed by atoms with E-state index in [-0.39, 0.29) is 23.7 Å². The van der Waals surface area contributed by atoms with Crippen LogP contribution in [0.2, 0.25) is 0 Å². The third-order valence-corrected chi connectivity index (χ3v) is 5.01. The Balaban J connectivity index is 1.97. The quantitative estimate of drug-likeness (QED) is 0.638. The predicted octanol–water partition coefficient (Wildman–Crippen LogP) is 3.33. The molecular weight excluding hydrogens is 336 g/mol. The molecule has 2 amide bonds. The smallest absolute Gasteiger partial charge is 0.240 e. The van der Waals surface area contributed by atoms with Crippen molar-refractivity contribution in [3.63, 3.8) is 0 Å². The predicted molar refractivity (Wildman–Crippen MR) is 104 cm³/mol. The number of thioether (sulfide) groups is 1. The van der Waals surface area contributed by atoms with Crippen LogP contribution in [0.1, 0.15) is 39.7 Å². The van der Waals surface area contributed by atoms with Gasteiger partial charge in [-0.25, -0.2) is 0 Å². The van der Waals surface area contributed by atoms with E-state index in [1.165, 1.54) is 11.8 Å². The minimum Gasteiger partial charge on any atom is -0.326 e. The van der Waals surface area contributed by atoms with Gasteiger partial charge in [-0.1, -0.05) is 50.7 Å². The van der Waals surface area contributed by atoms with Crippen LogP contribution in [0.15, 0.2) is 34.5 Å². The topological polar surface area (TPSA) is 82.9 Å². The maximum absolute atomic E-state index is 12.2. The molecule has 6 nitrogen and oxygen atoms in total. The van der Waals surface area contributed by atoms with E-state index in [2.05, 4.69) is 20.8 Å². The van der Waals surface area contributed by atoms with Gasteiger partial charge in [-0.15, -0.1) is 5.10 Å². The molecule has 0 aliphatic carbocycles. The number of aryl methyl sites for hydroxylation is 1. The number of nitrogens with one attached hydrogen (secondary N) is 2. The number of carbonyl (C=O) groups is 2. The fraction of sp³-hybridized carbons (Fsp3) is 0.444. The van der Waals surface area contributed by atoms with Gasteiger partial charge in [0.2, 0.25) is 11.8 Å². The maximum Gasteiger partial charge on any atom is 0.240 e. The summed E-state index contributed by atoms with van der Waals surface area (Å²) in [5, 5.41) is 13.7. The zero-order valence-electron chi connectivity index (χ0n) is 15.2. The average molecular weight is 360 g/mol. The number of benzene rings is 1. The fourth-order valence-electron chi connectivity index (χ4n) is 1.94. The second-order valence-electron chi connectivity index (χ2n) is 7.00. The van der Waals surface area contributed by atoms with Crippen LogP contribution in [0, 0.1) is 12.3 Å². The Bertz CT molecular complexity index is 735. The molecule has 1 saturated heterocycles. The van der Waals surface area contributed by atoms with Crippen LogP contribution >= 0.6 is 11.8 Å². The van der Waals surface area contributed by atoms with E-state index >= 15 is 0 Å². The first kappa shape index (κ1) is 19.2. The molecule has 25 heavy (non-hydrogen) atoms. The van der Waals surface area contributed by atoms with Crippen molar-refractivity contribution in [2.45, 2.75) is 46.3 Å². The van der Waals surface area contributed by atoms with Gasteiger partial charge in [0.1, 0.15) is 5.25 Å². The Kier molecular flexibility index (Phi) is 6.00. The van der Waals surface area contributed by atoms with E-state index in [0.29, 0.717) is 5.17 Å². The number of para-hydroxylation sites is 1. The average Bonchev–Trinajstić information content (AvgIpc) is 2.86. The van der Waals surface area contributed by atoms with Crippen molar-refractivity contribution in [2.24, 2.45) is 15.6 Å². The van der Waals surface area contributed by atoms with Crippen molar-refractivity contribution >= 4 is 40.1 Å². The number of anilines is 1. The molecule has 2 N–H and O–H groups in total. The van der Waals surface area contributed by atoms with Crippen LogP contribution in [0.5, 0.6) is 0 Å². The first-order chi connectivity index (χ1) is 11.7. The molecule has 0 saturated carbocycles. The lowest BCUT2D eigenvalue weighted by Gasteiger charge is -2.16. The highest BCUT2D eigenvalue weighted by Crippen LogP contribution is 2.24. The molecule has 0 radical (unpaired) electrons. The van der Waals surface area contributed by atoms with Gasteiger partial charge in [0.15, 0.2) is 5.17 Å². The second-order valence-corrected chi connectivity index (χ2v) is 8.19. The summed E-state index contributed by atoms with van der Waals surface area (Å²) in [6, 6.07) is 7.53. The molecule has 0 aromatic heterocycles. The van der Waals surface area contributed by atoms with Gasteiger partial charge in [-0.05, 0) is 25.5 Å². The lowest BCUT2D eigenvalue weighted by atomic mass is 9.91. The molecule has 1 unspecified atom stereocenters. The van der Waals surface area contributed by atoms with Crippen LogP contribution in [0.3, 0.4) is 0 Å². The number of rotatable bonds is 4. The first-order valence-corrected chi connectivity index (χ1v) is 9.00. The van der Waals surface area contributed by atoms with E-state index < -0.39 is 5.25 Å². The monoisotopic (exact) mass is 360 g/mol. The van der Waals surface area contributed by atoms with Gasteiger partial charge in [-0.2, -0.15) is 5.10 Å². The third-order valence-electron chi connectivity index (χ3n) is 3.94. The summed E-state index contributed by atoms with van der Waals surface area (Å²) in [5.41, 5.74) is 2.53. The van der Waals surface area contributed by atoms with Crippen molar-refractivity contribution < 1.29 is 9.59 Å². The SMILES string of the molecule is C/C(=N\N=C1\NC(=O)C(CC(=O)Nc2ccccc2C)S1)C(C)(C)C. The van der Waals surface area contributed by atoms with Gasteiger partial charge in [0.25, 0.3) is 0 Å². The number of carbonyl (C=O) groups excluding carboxylic acids is 2. The highest BCUT2D eigenvalue weighted by atomic mass is 32.2. The summed E-state index contributed by atoms with van der Waals surface area (Å²) in [7, 11) is 0. The van der Waals surface area contributed by atoms with Crippen LogP contribution < -0.4 is 10.6 Å². The maximum atomic E-state index is 12.2. The number of hydrogen-bond acceptors (Lipinski definition) is 5. The Labute approximate surface area is 152 Å². The summed E-state index contributed by atoms with van der Waals surface area (Å²) in [4.78, 5) is 24.2. The summed E-state index contributed by atoms with van der Waals surface area (Å²) >= 11 is 1.24. The third kappa shape index (κ3) is 5.42. The van der Waals surface area contributed by atoms with Crippen LogP contribution in [0.4, 0.5) is 5.69 Å². The zero-order chi connectivity index (χ0) is 18.6. The van der Waals surface area contributed by atoms with Crippen molar-refractivity contribution in [3.8, 4) is 0 Å². The van der Waals surface area contributed by atoms with Gasteiger partial charge in [0, 0.05) is 23.2 Å². The fourth-order valence-corrected chi connectivity index (χ4v) is 2.86. The highest BCUT2D eigenvalue weighted by molar-refractivity contribution is 8.15. The highest BCUT2D eigenvalue weighted by Gasteiger charge is 2.32. The molecule has 1 fully saturated rings. The largest absolute Gasteiger partial charge is 0.326 e. The van der Waals surface area contributed by atoms with E-state index in [4.69, 9.17) is 0 Å². The molecular formula is C18H24N4O2S. The van der Waals surface area contributed by atoms with E-state index in [0.717, 1.165) is 17.0 Å². The van der Waals surface area contributed by atoms with Crippen LogP contribution in [0.25, 0.3) is 0 Å². The summed E-state index contributed by atoms with van der Waals surface area (Å²) in [6.45, 7) is 9.97. The molecule has 134 valence electrons. The molecule has 1 aromatic rings. The number of amidine groups is 1. The van der Waals surface area contributed by atoms with Crippen molar-refractivity contribution in [1.82, 2.24) is 5.32 Å². The van der Waals surface area contributed by atoms with Gasteiger partial charge in [0.05, 0.1) is 0 Å². The van der Waals surface area contributed by atoms with Crippen molar-refractivity contribution in [3.05, 3.63) is 29.8 Å². The number of nitrogens with zero attached hydrogens (tertiary/aromatic N) is 2. The summed E-state index contributed by atoms with van der Waals surface area (Å²) in [5.74, 6) is -0.412. The number of hydrogen-bond donors (Lipinski definition) is 2. The van der Waals surface area contributed by atoms with Crippen LogP contribution in [-0.2, 0) is 9.59 Å². The first-order valence-electron chi connectivity index (χ1n) is 8.12. The Hall–Kier alpha value is -2.15. The molecule has 2 rings (SSSR count). The molecule has 1 aromatic carbocycles. The molecule has 1 aliphatic heterocycles. The van der Waals surface area contributed by atoms with E-state index in [1.54, 1.807) is 0 Å². The van der Waals surface area contributed by atoms with E-state index in [9.17, 15) is 9.59 Å². The molecule has 0 bridgehead atoms. The summed E-state index contributed by atoms with van der Waals surface area (Å²) < 4.78 is 0. The Morgan fingerprint density at radius 3 is 2.64 bits per heavy atom. The van der Waals surface area contributed by atoms with Crippen molar-refractivity contribution in [1.29, 1.82) is 0 Å². The zero-order valence-corrected chi connectivity index (χ0v) is 16.0. The van der Waals surface area contributed by atoms with Crippen LogP contribution in [-0.4, -0.2) is 27.9 Å². The van der Waals surface area contributed by atoms with Gasteiger partial charge < -0.3 is 10.6 Å². The van der Waals surface area contributed by atoms with Gasteiger partial charge in [-0.3, -0.25) is 9.59 Å². The minimum absolute atomic E-state index is 0.0792. The molecule has 0 spiro atoms. The molecule has 1 atom stereocenters. The second kappa shape index (κ2) is 7.82. The number of amides is 2.